The normalized spacial score (nSPS) is 10.8. The monoisotopic (exact) mass is 248 g/mol. The number of para-hydroxylation sites is 1. The van der Waals surface area contributed by atoms with Gasteiger partial charge in [-0.2, -0.15) is 5.10 Å². The van der Waals surface area contributed by atoms with Gasteiger partial charge in [0.05, 0.1) is 22.5 Å². The number of carbonyl (C=O) groups excluding carboxylic acids is 1. The zero-order valence-electron chi connectivity index (χ0n) is 9.72. The van der Waals surface area contributed by atoms with Gasteiger partial charge in [-0.05, 0) is 12.1 Å². The largest absolute Gasteiger partial charge is 0.294 e. The van der Waals surface area contributed by atoms with Crippen molar-refractivity contribution in [1.29, 1.82) is 0 Å². The number of rotatable bonds is 3. The van der Waals surface area contributed by atoms with Gasteiger partial charge >= 0.3 is 0 Å². The topological polar surface area (TPSA) is 34.9 Å². The molecule has 0 amide bonds. The molecule has 1 aromatic carbocycles. The maximum Gasteiger partial charge on any atom is 0.168 e. The molecule has 0 atom stereocenters. The smallest absolute Gasteiger partial charge is 0.168 e. The first kappa shape index (κ1) is 11.9. The second-order valence-electron chi connectivity index (χ2n) is 4.14. The minimum Gasteiger partial charge on any atom is -0.294 e. The van der Waals surface area contributed by atoms with Crippen LogP contribution in [0.25, 0.3) is 5.69 Å². The van der Waals surface area contributed by atoms with Crippen LogP contribution in [0, 0.1) is 5.92 Å². The lowest BCUT2D eigenvalue weighted by atomic mass is 10.0. The molecule has 0 unspecified atom stereocenters. The van der Waals surface area contributed by atoms with Crippen LogP contribution in [0.4, 0.5) is 0 Å². The van der Waals surface area contributed by atoms with Crippen molar-refractivity contribution in [2.24, 2.45) is 5.92 Å². The molecule has 0 aliphatic carbocycles. The molecule has 17 heavy (non-hydrogen) atoms. The summed E-state index contributed by atoms with van der Waals surface area (Å²) in [5.41, 5.74) is 1.39. The summed E-state index contributed by atoms with van der Waals surface area (Å²) in [5.74, 6) is 0.0576. The lowest BCUT2D eigenvalue weighted by molar-refractivity contribution is 0.0939. The summed E-state index contributed by atoms with van der Waals surface area (Å²) >= 11 is 6.06. The number of hydrogen-bond acceptors (Lipinski definition) is 2. The van der Waals surface area contributed by atoms with Crippen molar-refractivity contribution in [3.8, 4) is 5.69 Å². The van der Waals surface area contributed by atoms with Crippen LogP contribution in [-0.2, 0) is 0 Å². The molecule has 0 saturated carbocycles. The molecule has 0 aliphatic heterocycles. The molecule has 0 saturated heterocycles. The van der Waals surface area contributed by atoms with Crippen molar-refractivity contribution in [2.75, 3.05) is 0 Å². The van der Waals surface area contributed by atoms with Gasteiger partial charge in [0.15, 0.2) is 5.78 Å². The highest BCUT2D eigenvalue weighted by molar-refractivity contribution is 6.32. The van der Waals surface area contributed by atoms with E-state index in [1.807, 2.05) is 32.0 Å². The van der Waals surface area contributed by atoms with Crippen molar-refractivity contribution in [1.82, 2.24) is 9.78 Å². The summed E-state index contributed by atoms with van der Waals surface area (Å²) in [6.07, 6.45) is 3.29. The third-order valence-corrected chi connectivity index (χ3v) is 2.81. The third-order valence-electron chi connectivity index (χ3n) is 2.49. The summed E-state index contributed by atoms with van der Waals surface area (Å²) in [6.45, 7) is 3.74. The zero-order chi connectivity index (χ0) is 12.4. The summed E-state index contributed by atoms with van der Waals surface area (Å²) in [5, 5.41) is 4.77. The highest BCUT2D eigenvalue weighted by Crippen LogP contribution is 2.19. The summed E-state index contributed by atoms with van der Waals surface area (Å²) in [4.78, 5) is 11.8. The van der Waals surface area contributed by atoms with E-state index in [2.05, 4.69) is 5.10 Å². The van der Waals surface area contributed by atoms with Crippen molar-refractivity contribution >= 4 is 17.4 Å². The van der Waals surface area contributed by atoms with Crippen molar-refractivity contribution < 1.29 is 4.79 Å². The van der Waals surface area contributed by atoms with E-state index in [1.54, 1.807) is 23.1 Å². The number of ketones is 1. The maximum absolute atomic E-state index is 11.8. The van der Waals surface area contributed by atoms with Crippen LogP contribution in [0.1, 0.15) is 24.2 Å². The summed E-state index contributed by atoms with van der Waals surface area (Å²) in [7, 11) is 0. The van der Waals surface area contributed by atoms with E-state index in [0.29, 0.717) is 10.6 Å². The number of Topliss-reactive ketones (excluding diaryl/α,β-unsaturated/α-hetero) is 1. The Balaban J connectivity index is 2.37. The van der Waals surface area contributed by atoms with E-state index in [4.69, 9.17) is 11.6 Å². The Morgan fingerprint density at radius 2 is 2.06 bits per heavy atom. The molecule has 0 spiro atoms. The van der Waals surface area contributed by atoms with Gasteiger partial charge in [0.25, 0.3) is 0 Å². The lowest BCUT2D eigenvalue weighted by Crippen LogP contribution is -2.06. The van der Waals surface area contributed by atoms with E-state index >= 15 is 0 Å². The van der Waals surface area contributed by atoms with Gasteiger partial charge in [-0.1, -0.05) is 37.6 Å². The van der Waals surface area contributed by atoms with Gasteiger partial charge in [0.1, 0.15) is 0 Å². The first-order chi connectivity index (χ1) is 8.09. The lowest BCUT2D eigenvalue weighted by Gasteiger charge is -2.03. The average Bonchev–Trinajstić information content (AvgIpc) is 2.77. The van der Waals surface area contributed by atoms with Crippen molar-refractivity contribution in [2.45, 2.75) is 13.8 Å². The predicted octanol–water partition coefficient (Wildman–Crippen LogP) is 3.36. The SMILES string of the molecule is CC(C)C(=O)c1cnn(-c2ccccc2Cl)c1. The third kappa shape index (κ3) is 2.39. The van der Waals surface area contributed by atoms with E-state index in [9.17, 15) is 4.79 Å². The fraction of sp³-hybridized carbons (Fsp3) is 0.231. The Labute approximate surface area is 105 Å². The van der Waals surface area contributed by atoms with Crippen molar-refractivity contribution in [3.05, 3.63) is 47.2 Å². The zero-order valence-corrected chi connectivity index (χ0v) is 10.5. The minimum atomic E-state index is -0.0288. The Morgan fingerprint density at radius 3 is 2.71 bits per heavy atom. The van der Waals surface area contributed by atoms with Crippen LogP contribution >= 0.6 is 11.6 Å². The molecule has 3 nitrogen and oxygen atoms in total. The molecule has 4 heteroatoms. The fourth-order valence-corrected chi connectivity index (χ4v) is 1.77. The number of hydrogen-bond donors (Lipinski definition) is 0. The van der Waals surface area contributed by atoms with Gasteiger partial charge in [-0.15, -0.1) is 0 Å². The Morgan fingerprint density at radius 1 is 1.35 bits per heavy atom. The summed E-state index contributed by atoms with van der Waals surface area (Å²) in [6, 6.07) is 7.39. The Bertz CT molecular complexity index is 546. The highest BCUT2D eigenvalue weighted by atomic mass is 35.5. The first-order valence-corrected chi connectivity index (χ1v) is 5.81. The van der Waals surface area contributed by atoms with E-state index in [-0.39, 0.29) is 11.7 Å². The number of benzene rings is 1. The molecule has 0 N–H and O–H groups in total. The molecule has 1 heterocycles. The molecule has 2 aromatic rings. The number of halogens is 1. The van der Waals surface area contributed by atoms with Gasteiger partial charge in [0, 0.05) is 12.1 Å². The predicted molar refractivity (Wildman–Crippen MR) is 67.7 cm³/mol. The molecule has 0 fully saturated rings. The van der Waals surface area contributed by atoms with E-state index < -0.39 is 0 Å². The first-order valence-electron chi connectivity index (χ1n) is 5.43. The summed E-state index contributed by atoms with van der Waals surface area (Å²) < 4.78 is 1.62. The Hall–Kier alpha value is -1.61. The van der Waals surface area contributed by atoms with Crippen LogP contribution in [0.3, 0.4) is 0 Å². The fourth-order valence-electron chi connectivity index (χ4n) is 1.55. The van der Waals surface area contributed by atoms with Crippen LogP contribution in [0.2, 0.25) is 5.02 Å². The number of carbonyl (C=O) groups is 1. The van der Waals surface area contributed by atoms with Gasteiger partial charge in [-0.3, -0.25) is 4.79 Å². The molecule has 88 valence electrons. The molecule has 0 aliphatic rings. The Kier molecular flexibility index (Phi) is 3.29. The number of aromatic nitrogens is 2. The van der Waals surface area contributed by atoms with E-state index in [0.717, 1.165) is 5.69 Å². The highest BCUT2D eigenvalue weighted by Gasteiger charge is 2.13. The molecule has 1 aromatic heterocycles. The molecule has 0 radical (unpaired) electrons. The van der Waals surface area contributed by atoms with Crippen LogP contribution in [-0.4, -0.2) is 15.6 Å². The molecule has 0 bridgehead atoms. The van der Waals surface area contributed by atoms with Gasteiger partial charge in [0.2, 0.25) is 0 Å². The molecular formula is C13H13ClN2O. The molecular weight excluding hydrogens is 236 g/mol. The number of nitrogens with zero attached hydrogens (tertiary/aromatic N) is 2. The van der Waals surface area contributed by atoms with Crippen LogP contribution in [0.15, 0.2) is 36.7 Å². The van der Waals surface area contributed by atoms with Crippen LogP contribution < -0.4 is 0 Å². The molecule has 2 rings (SSSR count). The maximum atomic E-state index is 11.8. The minimum absolute atomic E-state index is 0.0288. The van der Waals surface area contributed by atoms with Crippen molar-refractivity contribution in [3.63, 3.8) is 0 Å². The van der Waals surface area contributed by atoms with Gasteiger partial charge < -0.3 is 0 Å². The van der Waals surface area contributed by atoms with Gasteiger partial charge in [-0.25, -0.2) is 4.68 Å². The quantitative estimate of drug-likeness (QED) is 0.781. The second kappa shape index (κ2) is 4.72. The van der Waals surface area contributed by atoms with E-state index in [1.165, 1.54) is 0 Å². The second-order valence-corrected chi connectivity index (χ2v) is 4.55. The average molecular weight is 249 g/mol. The standard InChI is InChI=1S/C13H13ClN2O/c1-9(2)13(17)10-7-15-16(8-10)12-6-4-3-5-11(12)14/h3-9H,1-2H3. The van der Waals surface area contributed by atoms with Crippen LogP contribution in [0.5, 0.6) is 0 Å².